The topological polar surface area (TPSA) is 170 Å². The molecule has 0 spiro atoms. The minimum atomic E-state index is -1.85. The van der Waals surface area contributed by atoms with Crippen LogP contribution in [0, 0.1) is 0 Å². The number of amides is 1. The van der Waals surface area contributed by atoms with Crippen LogP contribution >= 0.6 is 0 Å². The van der Waals surface area contributed by atoms with Gasteiger partial charge in [0.25, 0.3) is 0 Å². The first-order valence-electron chi connectivity index (χ1n) is 17.7. The molecule has 4 aromatic carbocycles. The molecule has 13 heteroatoms. The Kier molecular flexibility index (Phi) is 13.7. The van der Waals surface area contributed by atoms with Gasteiger partial charge in [-0.05, 0) is 96.0 Å². The fraction of sp³-hybridized carbons (Fsp3) is 0.302. The molecule has 1 atom stereocenters. The molecule has 294 valence electrons. The zero-order chi connectivity index (χ0) is 41.1. The minimum Gasteiger partial charge on any atom is -0.459 e. The largest absolute Gasteiger partial charge is 0.459 e. The molecular formula is C43H45NO12. The Balaban J connectivity index is 1.64. The summed E-state index contributed by atoms with van der Waals surface area (Å²) < 4.78 is 33.2. The van der Waals surface area contributed by atoms with E-state index in [1.165, 1.54) is 70.2 Å². The first kappa shape index (κ1) is 42.2. The van der Waals surface area contributed by atoms with Crippen molar-refractivity contribution in [3.63, 3.8) is 0 Å². The molecule has 0 aliphatic heterocycles. The lowest BCUT2D eigenvalue weighted by Crippen LogP contribution is -2.45. The van der Waals surface area contributed by atoms with Crippen LogP contribution in [-0.2, 0) is 46.4 Å². The van der Waals surface area contributed by atoms with E-state index in [0.717, 1.165) is 0 Å². The second kappa shape index (κ2) is 18.2. The lowest BCUT2D eigenvalue weighted by molar-refractivity contribution is -0.155. The molecule has 0 aliphatic rings. The van der Waals surface area contributed by atoms with Gasteiger partial charge in [0.1, 0.15) is 18.2 Å². The Morgan fingerprint density at radius 3 is 1.50 bits per heavy atom. The van der Waals surface area contributed by atoms with Gasteiger partial charge in [-0.25, -0.2) is 28.8 Å². The van der Waals surface area contributed by atoms with Crippen LogP contribution in [0.25, 0.3) is 0 Å². The number of esters is 5. The molecule has 0 fully saturated rings. The number of benzene rings is 4. The maximum absolute atomic E-state index is 13.6. The zero-order valence-electron chi connectivity index (χ0n) is 32.3. The summed E-state index contributed by atoms with van der Waals surface area (Å²) in [5, 5.41) is 2.54. The predicted molar refractivity (Wildman–Crippen MR) is 203 cm³/mol. The van der Waals surface area contributed by atoms with Crippen molar-refractivity contribution in [3.8, 4) is 11.5 Å². The van der Waals surface area contributed by atoms with Crippen molar-refractivity contribution < 1.29 is 57.2 Å². The first-order chi connectivity index (χ1) is 26.3. The molecule has 0 aromatic heterocycles. The summed E-state index contributed by atoms with van der Waals surface area (Å²) in [5.74, 6) is -5.01. The van der Waals surface area contributed by atoms with E-state index in [9.17, 15) is 28.8 Å². The van der Waals surface area contributed by atoms with Gasteiger partial charge < -0.3 is 33.7 Å². The van der Waals surface area contributed by atoms with Crippen LogP contribution < -0.4 is 14.8 Å². The molecule has 0 saturated heterocycles. The van der Waals surface area contributed by atoms with Crippen LogP contribution in [0.2, 0.25) is 0 Å². The molecular weight excluding hydrogens is 722 g/mol. The molecule has 4 aromatic rings. The van der Waals surface area contributed by atoms with Crippen LogP contribution in [-0.4, -0.2) is 58.8 Å². The molecule has 0 radical (unpaired) electrons. The molecule has 0 aliphatic carbocycles. The van der Waals surface area contributed by atoms with Gasteiger partial charge in [0.05, 0.1) is 11.1 Å². The van der Waals surface area contributed by atoms with Gasteiger partial charge in [-0.1, -0.05) is 72.8 Å². The van der Waals surface area contributed by atoms with E-state index in [2.05, 4.69) is 5.32 Å². The lowest BCUT2D eigenvalue weighted by Gasteiger charge is -2.25. The number of carbonyl (C=O) groups is 6. The second-order valence-electron chi connectivity index (χ2n) is 14.6. The van der Waals surface area contributed by atoms with Gasteiger partial charge in [0, 0.05) is 6.42 Å². The summed E-state index contributed by atoms with van der Waals surface area (Å²) in [5.41, 5.74) is -3.12. The highest BCUT2D eigenvalue weighted by Gasteiger charge is 2.38. The standard InChI is InChI=1S/C43H45NO12/c1-41(2,3)56-40(50)44-32(37(47)51-27-28-17-11-8-12-18-28)25-29-23-24-33(52-38(48)42(4,5)54-35(45)30-19-13-9-14-20-30)34(26-29)53-39(49)43(6,7)55-36(46)31-21-15-10-16-22-31/h8-24,26,32H,25,27H2,1-7H3,(H,44,50). The Morgan fingerprint density at radius 1 is 0.554 bits per heavy atom. The summed E-state index contributed by atoms with van der Waals surface area (Å²) in [6.45, 7) is 10.2. The van der Waals surface area contributed by atoms with Gasteiger partial charge >= 0.3 is 35.9 Å². The van der Waals surface area contributed by atoms with Crippen molar-refractivity contribution in [2.24, 2.45) is 0 Å². The van der Waals surface area contributed by atoms with E-state index in [-0.39, 0.29) is 35.7 Å². The monoisotopic (exact) mass is 767 g/mol. The predicted octanol–water partition coefficient (Wildman–Crippen LogP) is 6.95. The molecule has 0 saturated carbocycles. The summed E-state index contributed by atoms with van der Waals surface area (Å²) in [6.07, 6.45) is -1.08. The molecule has 1 unspecified atom stereocenters. The normalized spacial score (nSPS) is 12.0. The zero-order valence-corrected chi connectivity index (χ0v) is 32.3. The van der Waals surface area contributed by atoms with Crippen LogP contribution in [0.4, 0.5) is 4.79 Å². The number of hydrogen-bond donors (Lipinski definition) is 1. The Hall–Kier alpha value is -6.50. The van der Waals surface area contributed by atoms with Crippen molar-refractivity contribution in [1.82, 2.24) is 5.32 Å². The van der Waals surface area contributed by atoms with Crippen molar-refractivity contribution in [2.45, 2.75) is 84.3 Å². The highest BCUT2D eigenvalue weighted by Crippen LogP contribution is 2.32. The van der Waals surface area contributed by atoms with Crippen molar-refractivity contribution in [3.05, 3.63) is 131 Å². The van der Waals surface area contributed by atoms with E-state index >= 15 is 0 Å². The van der Waals surface area contributed by atoms with E-state index in [0.29, 0.717) is 11.1 Å². The van der Waals surface area contributed by atoms with E-state index < -0.39 is 58.8 Å². The highest BCUT2D eigenvalue weighted by atomic mass is 16.6. The van der Waals surface area contributed by atoms with Crippen LogP contribution in [0.15, 0.2) is 109 Å². The van der Waals surface area contributed by atoms with Gasteiger partial charge in [-0.15, -0.1) is 0 Å². The second-order valence-corrected chi connectivity index (χ2v) is 14.6. The average molecular weight is 768 g/mol. The number of nitrogens with one attached hydrogen (secondary N) is 1. The smallest absolute Gasteiger partial charge is 0.408 e. The Labute approximate surface area is 325 Å². The average Bonchev–Trinajstić information content (AvgIpc) is 3.14. The number of alkyl carbamates (subject to hydrolysis) is 1. The molecule has 1 N–H and O–H groups in total. The van der Waals surface area contributed by atoms with Gasteiger partial charge in [0.2, 0.25) is 11.2 Å². The summed E-state index contributed by atoms with van der Waals surface area (Å²) in [4.78, 5) is 79.0. The molecule has 1 amide bonds. The van der Waals surface area contributed by atoms with Crippen molar-refractivity contribution >= 4 is 35.9 Å². The third kappa shape index (κ3) is 12.5. The quantitative estimate of drug-likeness (QED) is 0.0797. The van der Waals surface area contributed by atoms with Crippen molar-refractivity contribution in [2.75, 3.05) is 0 Å². The number of carbonyl (C=O) groups excluding carboxylic acids is 6. The number of hydrogen-bond acceptors (Lipinski definition) is 12. The van der Waals surface area contributed by atoms with Crippen LogP contribution in [0.5, 0.6) is 11.5 Å². The summed E-state index contributed by atoms with van der Waals surface area (Å²) in [7, 11) is 0. The Bertz CT molecular complexity index is 2020. The molecule has 13 nitrogen and oxygen atoms in total. The lowest BCUT2D eigenvalue weighted by atomic mass is 10.0. The SMILES string of the molecule is CC(C)(C)OC(=O)NC(Cc1ccc(OC(=O)C(C)(C)OC(=O)c2ccccc2)c(OC(=O)C(C)(C)OC(=O)c2ccccc2)c1)C(=O)OCc1ccccc1. The maximum Gasteiger partial charge on any atom is 0.408 e. The van der Waals surface area contributed by atoms with E-state index in [1.54, 1.807) is 81.4 Å². The minimum absolute atomic E-state index is 0.0780. The van der Waals surface area contributed by atoms with Crippen molar-refractivity contribution in [1.29, 1.82) is 0 Å². The first-order valence-corrected chi connectivity index (χ1v) is 17.7. The van der Waals surface area contributed by atoms with Gasteiger partial charge in [-0.3, -0.25) is 0 Å². The van der Waals surface area contributed by atoms with Gasteiger partial charge in [-0.2, -0.15) is 0 Å². The van der Waals surface area contributed by atoms with Crippen LogP contribution in [0.1, 0.15) is 80.3 Å². The van der Waals surface area contributed by atoms with Gasteiger partial charge in [0.15, 0.2) is 11.5 Å². The Morgan fingerprint density at radius 2 is 1.02 bits per heavy atom. The fourth-order valence-electron chi connectivity index (χ4n) is 4.81. The van der Waals surface area contributed by atoms with Crippen LogP contribution in [0.3, 0.4) is 0 Å². The highest BCUT2D eigenvalue weighted by molar-refractivity contribution is 5.94. The molecule has 4 rings (SSSR count). The number of ether oxygens (including phenoxy) is 6. The maximum atomic E-state index is 13.6. The number of rotatable bonds is 14. The third-order valence-electron chi connectivity index (χ3n) is 7.75. The summed E-state index contributed by atoms with van der Waals surface area (Å²) >= 11 is 0. The fourth-order valence-corrected chi connectivity index (χ4v) is 4.81. The molecule has 0 heterocycles. The van der Waals surface area contributed by atoms with E-state index in [1.807, 2.05) is 6.07 Å². The molecule has 56 heavy (non-hydrogen) atoms. The van der Waals surface area contributed by atoms with E-state index in [4.69, 9.17) is 28.4 Å². The summed E-state index contributed by atoms with van der Waals surface area (Å²) in [6, 6.07) is 27.8. The molecule has 0 bridgehead atoms. The third-order valence-corrected chi connectivity index (χ3v) is 7.75.